The molecule has 1 fully saturated rings. The molecule has 1 N–H and O–H groups in total. The van der Waals surface area contributed by atoms with E-state index in [-0.39, 0.29) is 0 Å². The average molecular weight is 249 g/mol. The van der Waals surface area contributed by atoms with Crippen LogP contribution in [0.1, 0.15) is 77.1 Å². The lowest BCUT2D eigenvalue weighted by atomic mass is 9.97. The second-order valence-electron chi connectivity index (χ2n) is 5.77. The van der Waals surface area contributed by atoms with E-state index in [0.29, 0.717) is 18.1 Å². The van der Waals surface area contributed by atoms with Crippen molar-refractivity contribution < 1.29 is 0 Å². The van der Waals surface area contributed by atoms with Crippen molar-refractivity contribution in [3.63, 3.8) is 0 Å². The Morgan fingerprint density at radius 1 is 1.50 bits per heavy atom. The SMILES string of the molecule is CCCCC(C)n1cncc1C1CCCC(C)N1. The molecule has 102 valence electrons. The summed E-state index contributed by atoms with van der Waals surface area (Å²) in [7, 11) is 0. The van der Waals surface area contributed by atoms with Gasteiger partial charge in [0.05, 0.1) is 12.0 Å². The minimum Gasteiger partial charge on any atom is -0.330 e. The summed E-state index contributed by atoms with van der Waals surface area (Å²) in [6, 6.07) is 1.71. The minimum atomic E-state index is 0.500. The lowest BCUT2D eigenvalue weighted by molar-refractivity contribution is 0.321. The first-order valence-electron chi connectivity index (χ1n) is 7.50. The molecule has 0 saturated carbocycles. The molecule has 18 heavy (non-hydrogen) atoms. The molecule has 0 aromatic carbocycles. The maximum Gasteiger partial charge on any atom is 0.0951 e. The van der Waals surface area contributed by atoms with Crippen molar-refractivity contribution in [2.45, 2.75) is 77.4 Å². The highest BCUT2D eigenvalue weighted by atomic mass is 15.1. The molecule has 3 nitrogen and oxygen atoms in total. The molecular formula is C15H27N3. The third-order valence-corrected chi connectivity index (χ3v) is 4.12. The van der Waals surface area contributed by atoms with Crippen molar-refractivity contribution in [1.82, 2.24) is 14.9 Å². The second-order valence-corrected chi connectivity index (χ2v) is 5.77. The number of nitrogens with one attached hydrogen (secondary N) is 1. The second kappa shape index (κ2) is 6.37. The molecule has 0 aliphatic carbocycles. The van der Waals surface area contributed by atoms with Gasteiger partial charge in [-0.3, -0.25) is 0 Å². The molecule has 3 unspecified atom stereocenters. The summed E-state index contributed by atoms with van der Waals surface area (Å²) < 4.78 is 2.38. The van der Waals surface area contributed by atoms with Crippen LogP contribution in [0.5, 0.6) is 0 Å². The third kappa shape index (κ3) is 3.14. The Morgan fingerprint density at radius 2 is 2.33 bits per heavy atom. The van der Waals surface area contributed by atoms with Gasteiger partial charge in [0.25, 0.3) is 0 Å². The van der Waals surface area contributed by atoms with Crippen LogP contribution in [-0.4, -0.2) is 15.6 Å². The van der Waals surface area contributed by atoms with E-state index in [1.54, 1.807) is 0 Å². The Balaban J connectivity index is 2.06. The number of rotatable bonds is 5. The summed E-state index contributed by atoms with van der Waals surface area (Å²) in [5.41, 5.74) is 1.38. The number of hydrogen-bond acceptors (Lipinski definition) is 2. The number of aromatic nitrogens is 2. The predicted octanol–water partition coefficient (Wildman–Crippen LogP) is 3.84. The molecule has 1 aliphatic heterocycles. The van der Waals surface area contributed by atoms with Gasteiger partial charge in [0, 0.05) is 24.3 Å². The van der Waals surface area contributed by atoms with Crippen molar-refractivity contribution in [3.8, 4) is 0 Å². The molecule has 0 amide bonds. The van der Waals surface area contributed by atoms with E-state index in [0.717, 1.165) is 0 Å². The summed E-state index contributed by atoms with van der Waals surface area (Å²) in [4.78, 5) is 4.37. The largest absolute Gasteiger partial charge is 0.330 e. The topological polar surface area (TPSA) is 29.9 Å². The first kappa shape index (κ1) is 13.6. The zero-order chi connectivity index (χ0) is 13.0. The number of piperidine rings is 1. The maximum absolute atomic E-state index is 4.37. The molecule has 0 spiro atoms. The highest BCUT2D eigenvalue weighted by molar-refractivity contribution is 5.08. The Morgan fingerprint density at radius 3 is 3.06 bits per heavy atom. The smallest absolute Gasteiger partial charge is 0.0951 e. The van der Waals surface area contributed by atoms with E-state index in [4.69, 9.17) is 0 Å². The van der Waals surface area contributed by atoms with Gasteiger partial charge in [-0.1, -0.05) is 19.8 Å². The number of imidazole rings is 1. The molecule has 2 rings (SSSR count). The highest BCUT2D eigenvalue weighted by Gasteiger charge is 2.23. The van der Waals surface area contributed by atoms with Crippen LogP contribution in [0.2, 0.25) is 0 Å². The lowest BCUT2D eigenvalue weighted by Crippen LogP contribution is -2.35. The van der Waals surface area contributed by atoms with Crippen LogP contribution in [0.25, 0.3) is 0 Å². The van der Waals surface area contributed by atoms with Crippen LogP contribution < -0.4 is 5.32 Å². The van der Waals surface area contributed by atoms with Gasteiger partial charge >= 0.3 is 0 Å². The Labute approximate surface area is 111 Å². The fraction of sp³-hybridized carbons (Fsp3) is 0.800. The molecule has 2 heterocycles. The lowest BCUT2D eigenvalue weighted by Gasteiger charge is -2.30. The molecule has 1 aliphatic rings. The van der Waals surface area contributed by atoms with E-state index in [1.165, 1.54) is 44.2 Å². The third-order valence-electron chi connectivity index (χ3n) is 4.12. The summed E-state index contributed by atoms with van der Waals surface area (Å²) >= 11 is 0. The number of unbranched alkanes of at least 4 members (excludes halogenated alkanes) is 1. The van der Waals surface area contributed by atoms with Gasteiger partial charge in [0.1, 0.15) is 0 Å². The van der Waals surface area contributed by atoms with Gasteiger partial charge in [-0.05, 0) is 39.5 Å². The van der Waals surface area contributed by atoms with Crippen molar-refractivity contribution in [3.05, 3.63) is 18.2 Å². The number of nitrogens with zero attached hydrogens (tertiary/aromatic N) is 2. The fourth-order valence-corrected chi connectivity index (χ4v) is 2.96. The average Bonchev–Trinajstić information content (AvgIpc) is 2.85. The van der Waals surface area contributed by atoms with Crippen molar-refractivity contribution in [2.75, 3.05) is 0 Å². The van der Waals surface area contributed by atoms with Crippen LogP contribution in [-0.2, 0) is 0 Å². The maximum atomic E-state index is 4.37. The minimum absolute atomic E-state index is 0.500. The normalized spacial score (nSPS) is 26.2. The van der Waals surface area contributed by atoms with E-state index < -0.39 is 0 Å². The predicted molar refractivity (Wildman–Crippen MR) is 75.7 cm³/mol. The van der Waals surface area contributed by atoms with Gasteiger partial charge in [-0.25, -0.2) is 4.98 Å². The standard InChI is InChI=1S/C15H27N3/c1-4-5-8-13(3)18-11-16-10-15(18)14-9-6-7-12(2)17-14/h10-14,17H,4-9H2,1-3H3. The monoisotopic (exact) mass is 249 g/mol. The first-order chi connectivity index (χ1) is 8.72. The molecule has 0 bridgehead atoms. The highest BCUT2D eigenvalue weighted by Crippen LogP contribution is 2.28. The van der Waals surface area contributed by atoms with Crippen LogP contribution in [0.15, 0.2) is 12.5 Å². The van der Waals surface area contributed by atoms with Crippen LogP contribution in [0.3, 0.4) is 0 Å². The fourth-order valence-electron chi connectivity index (χ4n) is 2.96. The van der Waals surface area contributed by atoms with Crippen LogP contribution >= 0.6 is 0 Å². The van der Waals surface area contributed by atoms with Gasteiger partial charge in [0.15, 0.2) is 0 Å². The van der Waals surface area contributed by atoms with Gasteiger partial charge in [-0.2, -0.15) is 0 Å². The van der Waals surface area contributed by atoms with Crippen molar-refractivity contribution in [1.29, 1.82) is 0 Å². The summed E-state index contributed by atoms with van der Waals surface area (Å²) in [5.74, 6) is 0. The number of hydrogen-bond donors (Lipinski definition) is 1. The molecule has 0 radical (unpaired) electrons. The van der Waals surface area contributed by atoms with Gasteiger partial charge in [-0.15, -0.1) is 0 Å². The van der Waals surface area contributed by atoms with Crippen molar-refractivity contribution >= 4 is 0 Å². The molecule has 1 aromatic heterocycles. The van der Waals surface area contributed by atoms with Gasteiger partial charge in [0.2, 0.25) is 0 Å². The summed E-state index contributed by atoms with van der Waals surface area (Å²) in [6.07, 6.45) is 11.8. The molecular weight excluding hydrogens is 222 g/mol. The van der Waals surface area contributed by atoms with E-state index in [1.807, 2.05) is 6.33 Å². The quantitative estimate of drug-likeness (QED) is 0.859. The van der Waals surface area contributed by atoms with E-state index in [9.17, 15) is 0 Å². The molecule has 1 saturated heterocycles. The summed E-state index contributed by atoms with van der Waals surface area (Å²) in [6.45, 7) is 6.85. The Bertz CT molecular complexity index is 358. The van der Waals surface area contributed by atoms with Crippen molar-refractivity contribution in [2.24, 2.45) is 0 Å². The zero-order valence-corrected chi connectivity index (χ0v) is 12.0. The first-order valence-corrected chi connectivity index (χ1v) is 7.50. The Kier molecular flexibility index (Phi) is 4.81. The van der Waals surface area contributed by atoms with Crippen LogP contribution in [0, 0.1) is 0 Å². The van der Waals surface area contributed by atoms with E-state index >= 15 is 0 Å². The van der Waals surface area contributed by atoms with E-state index in [2.05, 4.69) is 41.8 Å². The molecule has 3 heteroatoms. The zero-order valence-electron chi connectivity index (χ0n) is 12.0. The van der Waals surface area contributed by atoms with Crippen LogP contribution in [0.4, 0.5) is 0 Å². The molecule has 3 atom stereocenters. The molecule has 1 aromatic rings. The summed E-state index contributed by atoms with van der Waals surface area (Å²) in [5, 5.41) is 3.71. The Hall–Kier alpha value is -0.830. The van der Waals surface area contributed by atoms with Gasteiger partial charge < -0.3 is 9.88 Å².